The number of rotatable bonds is 3. The fraction of sp³-hybridized carbons (Fsp3) is 0.364. The molecule has 5 nitrogen and oxygen atoms in total. The van der Waals surface area contributed by atoms with Gasteiger partial charge in [0.2, 0.25) is 0 Å². The first-order valence-electron chi connectivity index (χ1n) is 9.05. The molecule has 0 spiro atoms. The predicted octanol–water partition coefficient (Wildman–Crippen LogP) is 5.12. The molecule has 0 radical (unpaired) electrons. The summed E-state index contributed by atoms with van der Waals surface area (Å²) in [6.45, 7) is 11.7. The van der Waals surface area contributed by atoms with E-state index in [-0.39, 0.29) is 33.2 Å². The quantitative estimate of drug-likeness (QED) is 0.666. The van der Waals surface area contributed by atoms with Crippen molar-refractivity contribution in [3.05, 3.63) is 58.1 Å². The summed E-state index contributed by atoms with van der Waals surface area (Å²) < 4.78 is 0. The van der Waals surface area contributed by atoms with Crippen molar-refractivity contribution in [3.8, 4) is 5.75 Å². The van der Waals surface area contributed by atoms with Gasteiger partial charge in [-0.05, 0) is 62.1 Å². The molecule has 2 rings (SSSR count). The highest BCUT2D eigenvalue weighted by Crippen LogP contribution is 2.29. The summed E-state index contributed by atoms with van der Waals surface area (Å²) >= 11 is 6.26. The minimum absolute atomic E-state index is 0.109. The van der Waals surface area contributed by atoms with Gasteiger partial charge in [-0.3, -0.25) is 9.59 Å². The average Bonchev–Trinajstić information content (AvgIpc) is 2.54. The summed E-state index contributed by atoms with van der Waals surface area (Å²) in [6, 6.07) is 9.64. The summed E-state index contributed by atoms with van der Waals surface area (Å²) in [5.74, 6) is -0.831. The Morgan fingerprint density at radius 2 is 1.57 bits per heavy atom. The molecule has 150 valence electrons. The molecule has 0 unspecified atom stereocenters. The maximum Gasteiger partial charge on any atom is 0.259 e. The zero-order valence-corrected chi connectivity index (χ0v) is 17.9. The molecule has 0 aromatic heterocycles. The Balaban J connectivity index is 2.25. The fourth-order valence-corrected chi connectivity index (χ4v) is 2.77. The van der Waals surface area contributed by atoms with Crippen LogP contribution >= 0.6 is 11.6 Å². The van der Waals surface area contributed by atoms with Gasteiger partial charge in [0, 0.05) is 11.1 Å². The molecule has 2 aromatic rings. The predicted molar refractivity (Wildman–Crippen MR) is 113 cm³/mol. The van der Waals surface area contributed by atoms with Crippen LogP contribution in [0.4, 0.5) is 5.69 Å². The Labute approximate surface area is 171 Å². The first-order chi connectivity index (χ1) is 12.8. The van der Waals surface area contributed by atoms with E-state index >= 15 is 0 Å². The van der Waals surface area contributed by atoms with Gasteiger partial charge in [0.15, 0.2) is 0 Å². The number of anilines is 1. The van der Waals surface area contributed by atoms with Crippen molar-refractivity contribution in [2.24, 2.45) is 0 Å². The summed E-state index contributed by atoms with van der Waals surface area (Å²) in [7, 11) is 0. The number of phenols is 1. The van der Waals surface area contributed by atoms with Crippen LogP contribution in [0.2, 0.25) is 5.02 Å². The van der Waals surface area contributed by atoms with Crippen LogP contribution in [0.25, 0.3) is 0 Å². The third-order valence-corrected chi connectivity index (χ3v) is 4.39. The molecule has 6 heteroatoms. The van der Waals surface area contributed by atoms with Gasteiger partial charge in [-0.25, -0.2) is 0 Å². The number of phenolic OH excluding ortho intramolecular Hbond substituents is 1. The highest BCUT2D eigenvalue weighted by atomic mass is 35.5. The van der Waals surface area contributed by atoms with E-state index in [1.165, 1.54) is 12.1 Å². The van der Waals surface area contributed by atoms with E-state index in [9.17, 15) is 14.7 Å². The number of hydrogen-bond acceptors (Lipinski definition) is 3. The standard InChI is InChI=1S/C22H27ClN2O3/c1-21(2,3)14-8-10-18(26)15(12-14)20(28)24-17-9-7-13(11-16(17)23)19(27)25-22(4,5)6/h7-12,26H,1-6H3,(H,24,28)(H,25,27). The minimum Gasteiger partial charge on any atom is -0.507 e. The normalized spacial score (nSPS) is 11.8. The topological polar surface area (TPSA) is 78.4 Å². The summed E-state index contributed by atoms with van der Waals surface area (Å²) in [5, 5.41) is 15.9. The van der Waals surface area contributed by atoms with Gasteiger partial charge in [0.05, 0.1) is 16.3 Å². The summed E-state index contributed by atoms with van der Waals surface area (Å²) in [6.07, 6.45) is 0. The number of halogens is 1. The Hall–Kier alpha value is -2.53. The van der Waals surface area contributed by atoms with E-state index in [1.807, 2.05) is 41.5 Å². The molecule has 0 bridgehead atoms. The molecule has 0 aliphatic carbocycles. The molecule has 0 fully saturated rings. The lowest BCUT2D eigenvalue weighted by atomic mass is 9.86. The third kappa shape index (κ3) is 5.49. The lowest BCUT2D eigenvalue weighted by Gasteiger charge is -2.21. The van der Waals surface area contributed by atoms with Crippen molar-refractivity contribution < 1.29 is 14.7 Å². The van der Waals surface area contributed by atoms with Crippen LogP contribution in [-0.2, 0) is 5.41 Å². The molecule has 0 aliphatic rings. The zero-order valence-electron chi connectivity index (χ0n) is 17.1. The van der Waals surface area contributed by atoms with E-state index < -0.39 is 5.91 Å². The van der Waals surface area contributed by atoms with Crippen LogP contribution in [0, 0.1) is 0 Å². The Bertz CT molecular complexity index is 909. The van der Waals surface area contributed by atoms with Gasteiger partial charge in [0.25, 0.3) is 11.8 Å². The number of amides is 2. The summed E-state index contributed by atoms with van der Waals surface area (Å²) in [4.78, 5) is 24.9. The number of carbonyl (C=O) groups excluding carboxylic acids is 2. The van der Waals surface area contributed by atoms with E-state index in [0.29, 0.717) is 11.3 Å². The van der Waals surface area contributed by atoms with Crippen molar-refractivity contribution in [1.29, 1.82) is 0 Å². The lowest BCUT2D eigenvalue weighted by Crippen LogP contribution is -2.40. The zero-order chi connectivity index (χ0) is 21.3. The van der Waals surface area contributed by atoms with Crippen molar-refractivity contribution in [3.63, 3.8) is 0 Å². The first-order valence-corrected chi connectivity index (χ1v) is 9.42. The van der Waals surface area contributed by atoms with Crippen LogP contribution in [0.15, 0.2) is 36.4 Å². The van der Waals surface area contributed by atoms with Crippen LogP contribution in [0.1, 0.15) is 67.8 Å². The number of benzene rings is 2. The molecular formula is C22H27ClN2O3. The summed E-state index contributed by atoms with van der Waals surface area (Å²) in [5.41, 5.74) is 1.32. The van der Waals surface area contributed by atoms with Crippen LogP contribution in [0.3, 0.4) is 0 Å². The van der Waals surface area contributed by atoms with Crippen LogP contribution in [-0.4, -0.2) is 22.5 Å². The number of carbonyl (C=O) groups is 2. The van der Waals surface area contributed by atoms with Crippen LogP contribution < -0.4 is 10.6 Å². The SMILES string of the molecule is CC(C)(C)NC(=O)c1ccc(NC(=O)c2cc(C(C)(C)C)ccc2O)c(Cl)c1. The third-order valence-electron chi connectivity index (χ3n) is 4.08. The number of hydrogen-bond donors (Lipinski definition) is 3. The largest absolute Gasteiger partial charge is 0.507 e. The second kappa shape index (κ2) is 7.84. The second-order valence-corrected chi connectivity index (χ2v) is 9.24. The van der Waals surface area contributed by atoms with E-state index in [2.05, 4.69) is 10.6 Å². The number of aromatic hydroxyl groups is 1. The van der Waals surface area contributed by atoms with E-state index in [0.717, 1.165) is 5.56 Å². The van der Waals surface area contributed by atoms with Crippen LogP contribution in [0.5, 0.6) is 5.75 Å². The maximum atomic E-state index is 12.7. The van der Waals surface area contributed by atoms with Gasteiger partial charge in [-0.1, -0.05) is 38.4 Å². The van der Waals surface area contributed by atoms with Crippen molar-refractivity contribution >= 4 is 29.1 Å². The molecule has 0 heterocycles. The molecule has 28 heavy (non-hydrogen) atoms. The minimum atomic E-state index is -0.475. The highest BCUT2D eigenvalue weighted by Gasteiger charge is 2.20. The second-order valence-electron chi connectivity index (χ2n) is 8.83. The highest BCUT2D eigenvalue weighted by molar-refractivity contribution is 6.34. The van der Waals surface area contributed by atoms with Crippen molar-refractivity contribution in [2.45, 2.75) is 52.5 Å². The van der Waals surface area contributed by atoms with Gasteiger partial charge in [-0.2, -0.15) is 0 Å². The lowest BCUT2D eigenvalue weighted by molar-refractivity contribution is 0.0919. The Morgan fingerprint density at radius 1 is 0.929 bits per heavy atom. The van der Waals surface area contributed by atoms with Gasteiger partial charge < -0.3 is 15.7 Å². The van der Waals surface area contributed by atoms with Gasteiger partial charge in [-0.15, -0.1) is 0 Å². The molecule has 2 amide bonds. The molecular weight excluding hydrogens is 376 g/mol. The smallest absolute Gasteiger partial charge is 0.259 e. The Kier molecular flexibility index (Phi) is 6.09. The Morgan fingerprint density at radius 3 is 2.11 bits per heavy atom. The molecule has 3 N–H and O–H groups in total. The maximum absolute atomic E-state index is 12.7. The monoisotopic (exact) mass is 402 g/mol. The van der Waals surface area contributed by atoms with Gasteiger partial charge in [0.1, 0.15) is 5.75 Å². The molecule has 0 saturated carbocycles. The molecule has 2 aromatic carbocycles. The van der Waals surface area contributed by atoms with Crippen molar-refractivity contribution in [1.82, 2.24) is 5.32 Å². The van der Waals surface area contributed by atoms with E-state index in [1.54, 1.807) is 24.3 Å². The number of nitrogens with one attached hydrogen (secondary N) is 2. The van der Waals surface area contributed by atoms with E-state index in [4.69, 9.17) is 11.6 Å². The molecule has 0 aliphatic heterocycles. The molecule has 0 atom stereocenters. The van der Waals surface area contributed by atoms with Gasteiger partial charge >= 0.3 is 0 Å². The van der Waals surface area contributed by atoms with Crippen molar-refractivity contribution in [2.75, 3.05) is 5.32 Å². The average molecular weight is 403 g/mol. The fourth-order valence-electron chi connectivity index (χ4n) is 2.54. The first kappa shape index (κ1) is 21.8. The molecule has 0 saturated heterocycles.